The van der Waals surface area contributed by atoms with Crippen molar-refractivity contribution in [1.29, 1.82) is 0 Å². The van der Waals surface area contributed by atoms with E-state index in [0.717, 1.165) is 16.6 Å². The van der Waals surface area contributed by atoms with E-state index in [-0.39, 0.29) is 11.8 Å². The van der Waals surface area contributed by atoms with E-state index in [2.05, 4.69) is 32.7 Å². The van der Waals surface area contributed by atoms with Crippen LogP contribution in [0.3, 0.4) is 0 Å². The van der Waals surface area contributed by atoms with Crippen LogP contribution in [0.4, 0.5) is 0 Å². The minimum atomic E-state index is 0.238. The molecule has 1 aromatic rings. The Balaban J connectivity index is 1.78. The lowest BCUT2D eigenvalue weighted by Crippen LogP contribution is -2.31. The van der Waals surface area contributed by atoms with E-state index in [1.807, 2.05) is 0 Å². The van der Waals surface area contributed by atoms with Crippen molar-refractivity contribution in [2.24, 2.45) is 5.92 Å². The van der Waals surface area contributed by atoms with Crippen LogP contribution >= 0.6 is 27.3 Å². The van der Waals surface area contributed by atoms with Gasteiger partial charge in [0.25, 0.3) is 0 Å². The Hall–Kier alpha value is -0.350. The van der Waals surface area contributed by atoms with Crippen molar-refractivity contribution in [2.75, 3.05) is 0 Å². The molecule has 1 aromatic heterocycles. The average Bonchev–Trinajstić information content (AvgIpc) is 2.73. The molecule has 1 heterocycles. The zero-order chi connectivity index (χ0) is 11.4. The van der Waals surface area contributed by atoms with Crippen molar-refractivity contribution < 1.29 is 4.79 Å². The lowest BCUT2D eigenvalue weighted by Gasteiger charge is -2.20. The van der Waals surface area contributed by atoms with Gasteiger partial charge in [-0.15, -0.1) is 11.3 Å². The van der Waals surface area contributed by atoms with Crippen LogP contribution in [0.25, 0.3) is 0 Å². The van der Waals surface area contributed by atoms with Gasteiger partial charge >= 0.3 is 0 Å². The Labute approximate surface area is 109 Å². The van der Waals surface area contributed by atoms with Gasteiger partial charge in [0.05, 0.1) is 3.79 Å². The maximum Gasteiger partial charge on any atom is 0.223 e. The van der Waals surface area contributed by atoms with Gasteiger partial charge < -0.3 is 5.32 Å². The number of carbonyl (C=O) groups is 1. The number of carbonyl (C=O) groups excluding carboxylic acids is 1. The first kappa shape index (κ1) is 12.1. The van der Waals surface area contributed by atoms with Crippen LogP contribution in [0.2, 0.25) is 0 Å². The van der Waals surface area contributed by atoms with Gasteiger partial charge in [-0.3, -0.25) is 4.79 Å². The molecule has 0 saturated heterocycles. The summed E-state index contributed by atoms with van der Waals surface area (Å²) in [6.45, 7) is 0.664. The quantitative estimate of drug-likeness (QED) is 0.906. The molecule has 1 saturated carbocycles. The fourth-order valence-corrected chi connectivity index (χ4v) is 3.35. The summed E-state index contributed by atoms with van der Waals surface area (Å²) in [5.41, 5.74) is 1.18. The molecule has 2 nitrogen and oxygen atoms in total. The summed E-state index contributed by atoms with van der Waals surface area (Å²) in [5.74, 6) is 0.498. The third-order valence-electron chi connectivity index (χ3n) is 3.06. The third-order valence-corrected chi connectivity index (χ3v) is 4.62. The molecular weight excluding hydrogens is 286 g/mol. The Morgan fingerprint density at radius 2 is 2.19 bits per heavy atom. The maximum absolute atomic E-state index is 11.9. The fourth-order valence-electron chi connectivity index (χ4n) is 2.14. The molecule has 0 atom stereocenters. The predicted octanol–water partition coefficient (Wildman–Crippen LogP) is 3.71. The molecule has 0 aliphatic heterocycles. The van der Waals surface area contributed by atoms with Gasteiger partial charge in [0.15, 0.2) is 0 Å². The van der Waals surface area contributed by atoms with E-state index in [4.69, 9.17) is 0 Å². The van der Waals surface area contributed by atoms with E-state index >= 15 is 0 Å². The lowest BCUT2D eigenvalue weighted by molar-refractivity contribution is -0.126. The van der Waals surface area contributed by atoms with Crippen LogP contribution in [0.15, 0.2) is 15.2 Å². The summed E-state index contributed by atoms with van der Waals surface area (Å²) in [6, 6.07) is 2.06. The Kier molecular flexibility index (Phi) is 4.41. The van der Waals surface area contributed by atoms with Crippen LogP contribution in [-0.4, -0.2) is 5.91 Å². The predicted molar refractivity (Wildman–Crippen MR) is 70.4 cm³/mol. The van der Waals surface area contributed by atoms with Crippen molar-refractivity contribution >= 4 is 33.2 Å². The zero-order valence-corrected chi connectivity index (χ0v) is 11.6. The number of amides is 1. The second-order valence-electron chi connectivity index (χ2n) is 4.31. The van der Waals surface area contributed by atoms with Crippen molar-refractivity contribution in [2.45, 2.75) is 38.6 Å². The smallest absolute Gasteiger partial charge is 0.223 e. The highest BCUT2D eigenvalue weighted by atomic mass is 79.9. The van der Waals surface area contributed by atoms with Gasteiger partial charge in [-0.1, -0.05) is 19.3 Å². The number of thiophene rings is 1. The molecule has 0 spiro atoms. The number of nitrogens with one attached hydrogen (secondary N) is 1. The van der Waals surface area contributed by atoms with Crippen LogP contribution in [0, 0.1) is 5.92 Å². The van der Waals surface area contributed by atoms with Gasteiger partial charge in [0.2, 0.25) is 5.91 Å². The van der Waals surface area contributed by atoms with Crippen molar-refractivity contribution in [1.82, 2.24) is 5.32 Å². The summed E-state index contributed by atoms with van der Waals surface area (Å²) in [7, 11) is 0. The second-order valence-corrected chi connectivity index (χ2v) is 6.60. The molecule has 1 N–H and O–H groups in total. The molecule has 0 bridgehead atoms. The highest BCUT2D eigenvalue weighted by Gasteiger charge is 2.20. The molecule has 88 valence electrons. The molecule has 16 heavy (non-hydrogen) atoms. The molecule has 0 aromatic carbocycles. The molecule has 1 amide bonds. The van der Waals surface area contributed by atoms with E-state index in [1.54, 1.807) is 11.3 Å². The summed E-state index contributed by atoms with van der Waals surface area (Å²) in [6.07, 6.45) is 5.85. The highest BCUT2D eigenvalue weighted by Crippen LogP contribution is 2.24. The van der Waals surface area contributed by atoms with Gasteiger partial charge in [-0.2, -0.15) is 0 Å². The minimum absolute atomic E-state index is 0.238. The zero-order valence-electron chi connectivity index (χ0n) is 9.17. The standard InChI is InChI=1S/C12H16BrNOS/c13-11-6-9(8-16-11)7-14-12(15)10-4-2-1-3-5-10/h6,8,10H,1-5,7H2,(H,14,15). The first-order chi connectivity index (χ1) is 7.75. The first-order valence-corrected chi connectivity index (χ1v) is 7.43. The largest absolute Gasteiger partial charge is 0.352 e. The SMILES string of the molecule is O=C(NCc1csc(Br)c1)C1CCCCC1. The van der Waals surface area contributed by atoms with Gasteiger partial charge in [0.1, 0.15) is 0 Å². The normalized spacial score (nSPS) is 17.3. The molecule has 0 unspecified atom stereocenters. The number of rotatable bonds is 3. The molecule has 1 aliphatic carbocycles. The van der Waals surface area contributed by atoms with Crippen LogP contribution < -0.4 is 5.32 Å². The molecule has 4 heteroatoms. The van der Waals surface area contributed by atoms with E-state index in [9.17, 15) is 4.79 Å². The van der Waals surface area contributed by atoms with Crippen molar-refractivity contribution in [3.8, 4) is 0 Å². The Morgan fingerprint density at radius 1 is 1.44 bits per heavy atom. The summed E-state index contributed by atoms with van der Waals surface area (Å²) >= 11 is 5.08. The molecule has 0 radical (unpaired) electrons. The van der Waals surface area contributed by atoms with Gasteiger partial charge in [-0.05, 0) is 45.8 Å². The van der Waals surface area contributed by atoms with Crippen LogP contribution in [0.5, 0.6) is 0 Å². The first-order valence-electron chi connectivity index (χ1n) is 5.76. The van der Waals surface area contributed by atoms with Gasteiger partial charge in [-0.25, -0.2) is 0 Å². The number of halogens is 1. The fraction of sp³-hybridized carbons (Fsp3) is 0.583. The number of hydrogen-bond donors (Lipinski definition) is 1. The topological polar surface area (TPSA) is 29.1 Å². The Morgan fingerprint density at radius 3 is 2.81 bits per heavy atom. The average molecular weight is 302 g/mol. The number of hydrogen-bond acceptors (Lipinski definition) is 2. The molecule has 2 rings (SSSR count). The van der Waals surface area contributed by atoms with Gasteiger partial charge in [0, 0.05) is 12.5 Å². The molecule has 1 fully saturated rings. The maximum atomic E-state index is 11.9. The van der Waals surface area contributed by atoms with E-state index in [1.165, 1.54) is 24.8 Å². The summed E-state index contributed by atoms with van der Waals surface area (Å²) in [5, 5.41) is 5.10. The summed E-state index contributed by atoms with van der Waals surface area (Å²) in [4.78, 5) is 11.9. The second kappa shape index (κ2) is 5.82. The van der Waals surface area contributed by atoms with Crippen molar-refractivity contribution in [3.63, 3.8) is 0 Å². The monoisotopic (exact) mass is 301 g/mol. The lowest BCUT2D eigenvalue weighted by atomic mass is 9.89. The third kappa shape index (κ3) is 3.32. The molecule has 1 aliphatic rings. The van der Waals surface area contributed by atoms with Crippen molar-refractivity contribution in [3.05, 3.63) is 20.8 Å². The van der Waals surface area contributed by atoms with E-state index < -0.39 is 0 Å². The van der Waals surface area contributed by atoms with Crippen LogP contribution in [0.1, 0.15) is 37.7 Å². The summed E-state index contributed by atoms with van der Waals surface area (Å²) < 4.78 is 1.12. The Bertz CT molecular complexity index is 358. The highest BCUT2D eigenvalue weighted by molar-refractivity contribution is 9.11. The minimum Gasteiger partial charge on any atom is -0.352 e. The van der Waals surface area contributed by atoms with E-state index in [0.29, 0.717) is 6.54 Å². The molecular formula is C12H16BrNOS. The van der Waals surface area contributed by atoms with Crippen LogP contribution in [-0.2, 0) is 11.3 Å².